The second-order valence-electron chi connectivity index (χ2n) is 4.52. The van der Waals surface area contributed by atoms with Gasteiger partial charge in [-0.05, 0) is 19.4 Å². The second kappa shape index (κ2) is 5.88. The molecule has 1 aromatic carbocycles. The standard InChI is InChI=1S/C13H14N4O3S/c1-8-14-12(21-17-8)15-11(20)16-13(2,10(18)19)9-6-4-3-5-7-9/h3-7H,1-2H3,(H,18,19)(H2,14,15,16,17,20). The van der Waals surface area contributed by atoms with Crippen LogP contribution in [-0.4, -0.2) is 26.5 Å². The molecule has 0 aliphatic rings. The number of urea groups is 1. The average molecular weight is 306 g/mol. The Labute approximate surface area is 125 Å². The van der Waals surface area contributed by atoms with Crippen molar-refractivity contribution in [1.29, 1.82) is 0 Å². The molecular weight excluding hydrogens is 292 g/mol. The lowest BCUT2D eigenvalue weighted by Gasteiger charge is -2.26. The van der Waals surface area contributed by atoms with Gasteiger partial charge in [-0.15, -0.1) is 0 Å². The minimum atomic E-state index is -1.54. The first kappa shape index (κ1) is 14.9. The van der Waals surface area contributed by atoms with E-state index in [9.17, 15) is 14.7 Å². The van der Waals surface area contributed by atoms with E-state index in [1.807, 2.05) is 0 Å². The summed E-state index contributed by atoms with van der Waals surface area (Å²) >= 11 is 1.03. The molecule has 0 radical (unpaired) electrons. The molecule has 0 spiro atoms. The summed E-state index contributed by atoms with van der Waals surface area (Å²) in [6.07, 6.45) is 0. The number of carbonyl (C=O) groups is 2. The number of hydrogen-bond acceptors (Lipinski definition) is 5. The van der Waals surface area contributed by atoms with Crippen LogP contribution in [0.5, 0.6) is 0 Å². The molecule has 0 saturated carbocycles. The highest BCUT2D eigenvalue weighted by molar-refractivity contribution is 7.09. The molecular formula is C13H14N4O3S. The fourth-order valence-corrected chi connectivity index (χ4v) is 2.29. The van der Waals surface area contributed by atoms with Gasteiger partial charge in [-0.3, -0.25) is 5.32 Å². The fourth-order valence-electron chi connectivity index (χ4n) is 1.72. The van der Waals surface area contributed by atoms with E-state index in [1.165, 1.54) is 6.92 Å². The highest BCUT2D eigenvalue weighted by Gasteiger charge is 2.37. The van der Waals surface area contributed by atoms with Gasteiger partial charge in [0, 0.05) is 11.5 Å². The predicted octanol–water partition coefficient (Wildman–Crippen LogP) is 1.97. The summed E-state index contributed by atoms with van der Waals surface area (Å²) in [6.45, 7) is 3.13. The third kappa shape index (κ3) is 3.34. The number of carboxylic acids is 1. The smallest absolute Gasteiger partial charge is 0.333 e. The highest BCUT2D eigenvalue weighted by atomic mass is 32.1. The number of aliphatic carboxylic acids is 1. The van der Waals surface area contributed by atoms with Gasteiger partial charge in [-0.2, -0.15) is 4.37 Å². The van der Waals surface area contributed by atoms with Crippen LogP contribution >= 0.6 is 11.5 Å². The van der Waals surface area contributed by atoms with Gasteiger partial charge in [0.2, 0.25) is 5.13 Å². The number of carbonyl (C=O) groups excluding carboxylic acids is 1. The Morgan fingerprint density at radius 1 is 1.29 bits per heavy atom. The Hall–Kier alpha value is -2.48. The molecule has 2 aromatic rings. The first-order valence-electron chi connectivity index (χ1n) is 6.10. The summed E-state index contributed by atoms with van der Waals surface area (Å²) in [5.74, 6) is -0.614. The monoisotopic (exact) mass is 306 g/mol. The van der Waals surface area contributed by atoms with Crippen molar-refractivity contribution in [3.63, 3.8) is 0 Å². The summed E-state index contributed by atoms with van der Waals surface area (Å²) in [4.78, 5) is 27.5. The minimum Gasteiger partial charge on any atom is -0.479 e. The van der Waals surface area contributed by atoms with Crippen molar-refractivity contribution in [2.45, 2.75) is 19.4 Å². The van der Waals surface area contributed by atoms with Gasteiger partial charge in [0.15, 0.2) is 5.54 Å². The quantitative estimate of drug-likeness (QED) is 0.801. The average Bonchev–Trinajstić information content (AvgIpc) is 2.84. The number of rotatable bonds is 4. The van der Waals surface area contributed by atoms with Gasteiger partial charge in [-0.1, -0.05) is 30.3 Å². The lowest BCUT2D eigenvalue weighted by molar-refractivity contribution is -0.144. The van der Waals surface area contributed by atoms with Gasteiger partial charge < -0.3 is 10.4 Å². The van der Waals surface area contributed by atoms with Crippen molar-refractivity contribution >= 4 is 28.7 Å². The van der Waals surface area contributed by atoms with E-state index in [2.05, 4.69) is 20.0 Å². The molecule has 8 heteroatoms. The third-order valence-electron chi connectivity index (χ3n) is 2.89. The Balaban J connectivity index is 2.17. The molecule has 0 saturated heterocycles. The van der Waals surface area contributed by atoms with Gasteiger partial charge >= 0.3 is 12.0 Å². The molecule has 1 unspecified atom stereocenters. The molecule has 3 N–H and O–H groups in total. The number of hydrogen-bond donors (Lipinski definition) is 3. The maximum absolute atomic E-state index is 12.0. The van der Waals surface area contributed by atoms with Crippen LogP contribution in [0, 0.1) is 6.92 Å². The maximum Gasteiger partial charge on any atom is 0.333 e. The normalized spacial score (nSPS) is 13.2. The van der Waals surface area contributed by atoms with E-state index in [0.717, 1.165) is 11.5 Å². The minimum absolute atomic E-state index is 0.311. The number of aryl methyl sites for hydroxylation is 1. The molecule has 21 heavy (non-hydrogen) atoms. The number of nitrogens with one attached hydrogen (secondary N) is 2. The van der Waals surface area contributed by atoms with Gasteiger partial charge in [0.1, 0.15) is 5.82 Å². The third-order valence-corrected chi connectivity index (χ3v) is 3.61. The van der Waals surface area contributed by atoms with E-state index in [0.29, 0.717) is 16.5 Å². The molecule has 2 rings (SSSR count). The first-order chi connectivity index (χ1) is 9.91. The number of nitrogens with zero attached hydrogens (tertiary/aromatic N) is 2. The molecule has 0 bridgehead atoms. The summed E-state index contributed by atoms with van der Waals surface area (Å²) in [5, 5.41) is 14.7. The zero-order valence-electron chi connectivity index (χ0n) is 11.5. The van der Waals surface area contributed by atoms with E-state index in [4.69, 9.17) is 0 Å². The van der Waals surface area contributed by atoms with Crippen molar-refractivity contribution in [3.05, 3.63) is 41.7 Å². The molecule has 1 aromatic heterocycles. The molecule has 1 atom stereocenters. The van der Waals surface area contributed by atoms with Crippen LogP contribution < -0.4 is 10.6 Å². The van der Waals surface area contributed by atoms with Crippen LogP contribution in [0.25, 0.3) is 0 Å². The van der Waals surface area contributed by atoms with Gasteiger partial charge in [0.05, 0.1) is 0 Å². The van der Waals surface area contributed by atoms with Crippen LogP contribution in [-0.2, 0) is 10.3 Å². The van der Waals surface area contributed by atoms with E-state index >= 15 is 0 Å². The van der Waals surface area contributed by atoms with E-state index in [1.54, 1.807) is 37.3 Å². The van der Waals surface area contributed by atoms with E-state index in [-0.39, 0.29) is 0 Å². The molecule has 7 nitrogen and oxygen atoms in total. The molecule has 110 valence electrons. The van der Waals surface area contributed by atoms with Crippen LogP contribution in [0.4, 0.5) is 9.93 Å². The van der Waals surface area contributed by atoms with Crippen LogP contribution in [0.3, 0.4) is 0 Å². The van der Waals surface area contributed by atoms with Crippen molar-refractivity contribution in [3.8, 4) is 0 Å². The van der Waals surface area contributed by atoms with Crippen molar-refractivity contribution in [1.82, 2.24) is 14.7 Å². The van der Waals surface area contributed by atoms with Crippen LogP contribution in [0.1, 0.15) is 18.3 Å². The predicted molar refractivity (Wildman–Crippen MR) is 78.2 cm³/mol. The number of amides is 2. The topological polar surface area (TPSA) is 104 Å². The molecule has 0 aliphatic heterocycles. The van der Waals surface area contributed by atoms with Crippen LogP contribution in [0.15, 0.2) is 30.3 Å². The Morgan fingerprint density at radius 2 is 1.95 bits per heavy atom. The lowest BCUT2D eigenvalue weighted by Crippen LogP contribution is -2.51. The largest absolute Gasteiger partial charge is 0.479 e. The zero-order valence-corrected chi connectivity index (χ0v) is 12.3. The van der Waals surface area contributed by atoms with Crippen molar-refractivity contribution < 1.29 is 14.7 Å². The Morgan fingerprint density at radius 3 is 2.48 bits per heavy atom. The number of carboxylic acid groups (broad SMARTS) is 1. The van der Waals surface area contributed by atoms with Crippen molar-refractivity contribution in [2.75, 3.05) is 5.32 Å². The number of benzene rings is 1. The summed E-state index contributed by atoms with van der Waals surface area (Å²) in [5.41, 5.74) is -1.06. The molecule has 1 heterocycles. The molecule has 0 fully saturated rings. The van der Waals surface area contributed by atoms with Gasteiger partial charge in [0.25, 0.3) is 0 Å². The SMILES string of the molecule is Cc1nsc(NC(=O)NC(C)(C(=O)O)c2ccccc2)n1. The van der Waals surface area contributed by atoms with Crippen LogP contribution in [0.2, 0.25) is 0 Å². The molecule has 2 amide bonds. The highest BCUT2D eigenvalue weighted by Crippen LogP contribution is 2.21. The summed E-state index contributed by atoms with van der Waals surface area (Å²) in [7, 11) is 0. The summed E-state index contributed by atoms with van der Waals surface area (Å²) in [6, 6.07) is 7.83. The molecule has 0 aliphatic carbocycles. The number of aromatic nitrogens is 2. The Kier molecular flexibility index (Phi) is 4.18. The van der Waals surface area contributed by atoms with E-state index < -0.39 is 17.5 Å². The Bertz CT molecular complexity index is 658. The maximum atomic E-state index is 12.0. The lowest BCUT2D eigenvalue weighted by atomic mass is 9.92. The van der Waals surface area contributed by atoms with Crippen molar-refractivity contribution in [2.24, 2.45) is 0 Å². The first-order valence-corrected chi connectivity index (χ1v) is 6.87. The zero-order chi connectivity index (χ0) is 15.5. The second-order valence-corrected chi connectivity index (χ2v) is 5.27. The number of anilines is 1. The summed E-state index contributed by atoms with van der Waals surface area (Å²) < 4.78 is 3.93. The van der Waals surface area contributed by atoms with Gasteiger partial charge in [-0.25, -0.2) is 14.6 Å². The fraction of sp³-hybridized carbons (Fsp3) is 0.231.